The molecule has 10 aromatic carbocycles. The molecule has 16 aromatic rings. The largest absolute Gasteiger partial charge is 0.265 e. The second kappa shape index (κ2) is 18.4. The van der Waals surface area contributed by atoms with Crippen LogP contribution in [0.25, 0.3) is 165 Å². The molecule has 370 valence electrons. The van der Waals surface area contributed by atoms with Gasteiger partial charge in [-0.25, -0.2) is 19.9 Å². The van der Waals surface area contributed by atoms with E-state index in [0.717, 1.165) is 122 Å². The molecule has 0 saturated heterocycles. The van der Waals surface area contributed by atoms with Gasteiger partial charge in [-0.2, -0.15) is 0 Å². The Bertz CT molecular complexity index is 4960. The zero-order valence-corrected chi connectivity index (χ0v) is 42.8. The van der Waals surface area contributed by atoms with Crippen molar-refractivity contribution in [2.24, 2.45) is 0 Å². The Balaban J connectivity index is 0.870. The lowest BCUT2D eigenvalue weighted by Crippen LogP contribution is -1.94. The summed E-state index contributed by atoms with van der Waals surface area (Å²) in [5.74, 6) is 0. The van der Waals surface area contributed by atoms with Crippen molar-refractivity contribution in [1.82, 2.24) is 39.9 Å². The van der Waals surface area contributed by atoms with Gasteiger partial charge in [0.1, 0.15) is 12.7 Å². The Kier molecular flexibility index (Phi) is 10.4. The first-order chi connectivity index (χ1) is 39.6. The van der Waals surface area contributed by atoms with Gasteiger partial charge in [0.25, 0.3) is 0 Å². The maximum atomic E-state index is 5.39. The molecule has 0 aliphatic rings. The number of aromatic nitrogens is 8. The second-order valence-electron chi connectivity index (χ2n) is 20.5. The normalized spacial score (nSPS) is 11.8. The zero-order chi connectivity index (χ0) is 52.7. The maximum absolute atomic E-state index is 5.39. The number of hydrogen-bond donors (Lipinski definition) is 0. The Hall–Kier alpha value is -11.0. The second-order valence-corrected chi connectivity index (χ2v) is 20.5. The van der Waals surface area contributed by atoms with Crippen molar-refractivity contribution in [2.45, 2.75) is 0 Å². The van der Waals surface area contributed by atoms with E-state index in [2.05, 4.69) is 205 Å². The van der Waals surface area contributed by atoms with Gasteiger partial charge >= 0.3 is 0 Å². The van der Waals surface area contributed by atoms with Crippen molar-refractivity contribution in [3.8, 4) is 100 Å². The number of pyridine rings is 4. The average molecular weight is 1020 g/mol. The molecule has 0 amide bonds. The monoisotopic (exact) mass is 1020 g/mol. The number of nitrogens with zero attached hydrogens (tertiary/aromatic N) is 8. The van der Waals surface area contributed by atoms with Crippen LogP contribution in [0.2, 0.25) is 0 Å². The molecule has 0 aliphatic heterocycles. The fourth-order valence-electron chi connectivity index (χ4n) is 12.4. The summed E-state index contributed by atoms with van der Waals surface area (Å²) in [5, 5.41) is 14.2. The first-order valence-electron chi connectivity index (χ1n) is 26.6. The van der Waals surface area contributed by atoms with E-state index in [1.807, 2.05) is 74.2 Å². The quantitative estimate of drug-likeness (QED) is 0.132. The molecule has 0 saturated carbocycles. The van der Waals surface area contributed by atoms with Crippen LogP contribution < -0.4 is 0 Å². The Morgan fingerprint density at radius 2 is 0.613 bits per heavy atom. The van der Waals surface area contributed by atoms with Gasteiger partial charge in [0.05, 0.1) is 5.69 Å². The van der Waals surface area contributed by atoms with Crippen molar-refractivity contribution in [3.05, 3.63) is 257 Å². The smallest absolute Gasteiger partial charge is 0.115 e. The van der Waals surface area contributed by atoms with Crippen LogP contribution in [-0.4, -0.2) is 39.9 Å². The summed E-state index contributed by atoms with van der Waals surface area (Å²) in [7, 11) is 0. The molecule has 0 radical (unpaired) electrons. The molecule has 0 unspecified atom stereocenters. The lowest BCUT2D eigenvalue weighted by molar-refractivity contribution is 1.17. The number of hydrogen-bond acceptors (Lipinski definition) is 8. The molecule has 0 fully saturated rings. The van der Waals surface area contributed by atoms with E-state index in [0.29, 0.717) is 0 Å². The van der Waals surface area contributed by atoms with Crippen molar-refractivity contribution in [1.29, 1.82) is 0 Å². The van der Waals surface area contributed by atoms with Crippen LogP contribution in [-0.2, 0) is 0 Å². The standard InChI is InChI=1S/C72H42N8/c1-2-48(35-75-23-1)52-29-53(33-55(32-52)58-10-3-45-7-14-63-60(56-36-76-41-77-37-56)11-4-46-6-13-62(58)69(45)70(46)63)49-9-18-68(80-40-49)66-34-67-61(57-38-78-42-79-39-57)12-5-47-8-15-64-59(16-17-65(66)72(64)71(47)67)54-30-50(43-19-24-73-25-20-43)28-51(31-54)44-21-26-74-27-22-44/h1-42H. The summed E-state index contributed by atoms with van der Waals surface area (Å²) < 4.78 is 0. The maximum Gasteiger partial charge on any atom is 0.115 e. The summed E-state index contributed by atoms with van der Waals surface area (Å²) in [6, 6.07) is 64.4. The van der Waals surface area contributed by atoms with Crippen LogP contribution in [0, 0.1) is 0 Å². The molecular weight excluding hydrogens is 977 g/mol. The summed E-state index contributed by atoms with van der Waals surface area (Å²) in [6.07, 6.45) is 24.0. The number of benzene rings is 10. The molecule has 0 bridgehead atoms. The van der Waals surface area contributed by atoms with Crippen molar-refractivity contribution in [3.63, 3.8) is 0 Å². The van der Waals surface area contributed by atoms with Crippen LogP contribution in [0.15, 0.2) is 257 Å². The molecule has 0 spiro atoms. The summed E-state index contributed by atoms with van der Waals surface area (Å²) in [6.45, 7) is 0. The van der Waals surface area contributed by atoms with Gasteiger partial charge in [-0.15, -0.1) is 0 Å². The van der Waals surface area contributed by atoms with Crippen molar-refractivity contribution >= 4 is 64.6 Å². The fourth-order valence-corrected chi connectivity index (χ4v) is 12.4. The molecule has 80 heavy (non-hydrogen) atoms. The van der Waals surface area contributed by atoms with Crippen molar-refractivity contribution in [2.75, 3.05) is 0 Å². The van der Waals surface area contributed by atoms with E-state index in [1.165, 1.54) is 43.1 Å². The number of rotatable bonds is 9. The van der Waals surface area contributed by atoms with Gasteiger partial charge < -0.3 is 0 Å². The topological polar surface area (TPSA) is 103 Å². The van der Waals surface area contributed by atoms with Crippen molar-refractivity contribution < 1.29 is 0 Å². The Labute approximate surface area is 459 Å². The first-order valence-corrected chi connectivity index (χ1v) is 26.6. The van der Waals surface area contributed by atoms with E-state index in [1.54, 1.807) is 12.7 Å². The summed E-state index contributed by atoms with van der Waals surface area (Å²) in [5.41, 5.74) is 19.2. The predicted molar refractivity (Wildman–Crippen MR) is 325 cm³/mol. The molecule has 0 atom stereocenters. The van der Waals surface area contributed by atoms with Crippen LogP contribution in [0.4, 0.5) is 0 Å². The van der Waals surface area contributed by atoms with Gasteiger partial charge in [0.15, 0.2) is 0 Å². The zero-order valence-electron chi connectivity index (χ0n) is 42.8. The Morgan fingerprint density at radius 1 is 0.212 bits per heavy atom. The lowest BCUT2D eigenvalue weighted by Gasteiger charge is -2.20. The van der Waals surface area contributed by atoms with Gasteiger partial charge in [-0.05, 0) is 210 Å². The Morgan fingerprint density at radius 3 is 1.11 bits per heavy atom. The van der Waals surface area contributed by atoms with E-state index < -0.39 is 0 Å². The highest BCUT2D eigenvalue weighted by Gasteiger charge is 2.22. The molecule has 6 heterocycles. The van der Waals surface area contributed by atoms with E-state index >= 15 is 0 Å². The minimum atomic E-state index is 0.876. The third kappa shape index (κ3) is 7.45. The van der Waals surface area contributed by atoms with Crippen LogP contribution >= 0.6 is 0 Å². The predicted octanol–water partition coefficient (Wildman–Crippen LogP) is 17.6. The molecule has 6 aromatic heterocycles. The highest BCUT2D eigenvalue weighted by Crippen LogP contribution is 2.48. The molecule has 8 heteroatoms. The van der Waals surface area contributed by atoms with Crippen LogP contribution in [0.1, 0.15) is 0 Å². The fraction of sp³-hybridized carbons (Fsp3) is 0. The highest BCUT2D eigenvalue weighted by molar-refractivity contribution is 6.31. The van der Waals surface area contributed by atoms with E-state index in [-0.39, 0.29) is 0 Å². The third-order valence-electron chi connectivity index (χ3n) is 16.1. The molecule has 0 N–H and O–H groups in total. The minimum Gasteiger partial charge on any atom is -0.265 e. The molecule has 0 aliphatic carbocycles. The van der Waals surface area contributed by atoms with Gasteiger partial charge in [-0.1, -0.05) is 97.1 Å². The van der Waals surface area contributed by atoms with E-state index in [4.69, 9.17) is 4.98 Å². The molecular formula is C72H42N8. The highest BCUT2D eigenvalue weighted by atomic mass is 14.8. The van der Waals surface area contributed by atoms with Crippen LogP contribution in [0.3, 0.4) is 0 Å². The SMILES string of the molecule is c1cncc(-c2cc(-c3ccc(-c4cc5c(-c6cncnc6)ccc6ccc7c(-c8cc(-c9ccncc9)cc(-c9ccncc9)c8)ccc4c7c65)nc3)cc(-c3ccc4ccc5c(-c6cncnc6)ccc6ccc3c4c65)c2)c1. The summed E-state index contributed by atoms with van der Waals surface area (Å²) >= 11 is 0. The lowest BCUT2D eigenvalue weighted by atomic mass is 9.84. The van der Waals surface area contributed by atoms with Gasteiger partial charge in [0.2, 0.25) is 0 Å². The molecule has 16 rings (SSSR count). The summed E-state index contributed by atoms with van der Waals surface area (Å²) in [4.78, 5) is 36.3. The third-order valence-corrected chi connectivity index (χ3v) is 16.1. The van der Waals surface area contributed by atoms with E-state index in [9.17, 15) is 0 Å². The minimum absolute atomic E-state index is 0.876. The van der Waals surface area contributed by atoms with Gasteiger partial charge in [0, 0.05) is 96.0 Å². The first kappa shape index (κ1) is 45.3. The van der Waals surface area contributed by atoms with Gasteiger partial charge in [-0.3, -0.25) is 19.9 Å². The van der Waals surface area contributed by atoms with Crippen LogP contribution in [0.5, 0.6) is 0 Å². The molecule has 8 nitrogen and oxygen atoms in total. The average Bonchev–Trinajstić information content (AvgIpc) is 3.73.